The predicted molar refractivity (Wildman–Crippen MR) is 375 cm³/mol. The van der Waals surface area contributed by atoms with Gasteiger partial charge in [-0.3, -0.25) is 85.0 Å². The van der Waals surface area contributed by atoms with Gasteiger partial charge in [0.2, 0.25) is 23.6 Å². The van der Waals surface area contributed by atoms with Crippen LogP contribution in [0.25, 0.3) is 0 Å². The van der Waals surface area contributed by atoms with E-state index in [9.17, 15) is 19.2 Å². The highest BCUT2D eigenvalue weighted by atomic mass is 32.2. The predicted octanol–water partition coefficient (Wildman–Crippen LogP) is -3.03. The number of unbranched alkanes of at least 4 members (excludes halogenated alkanes) is 4. The Balaban J connectivity index is 4.35. The maximum atomic E-state index is 13.3. The Morgan fingerprint density at radius 2 is 0.524 bits per heavy atom. The van der Waals surface area contributed by atoms with Crippen molar-refractivity contribution in [1.29, 1.82) is 0 Å². The molecule has 0 spiro atoms. The molecule has 0 aliphatic heterocycles. The Morgan fingerprint density at radius 1 is 0.310 bits per heavy atom. The van der Waals surface area contributed by atoms with Crippen molar-refractivity contribution < 1.29 is 39.1 Å². The molecule has 0 aromatic carbocycles. The molecule has 0 saturated heterocycles. The van der Waals surface area contributed by atoms with Gasteiger partial charge in [0.05, 0.1) is 52.4 Å². The average molecular weight is 1340 g/mol. The minimum atomic E-state index is 0.107. The van der Waals surface area contributed by atoms with Crippen molar-refractivity contribution in [1.82, 2.24) is 19.6 Å². The summed E-state index contributed by atoms with van der Waals surface area (Å²) in [6, 6.07) is 0. The molecule has 0 bridgehead atoms. The number of thioether (sulfide) groups is 8. The molecule has 0 rings (SSSR count). The summed E-state index contributed by atoms with van der Waals surface area (Å²) in [6.07, 6.45) is 16.8. The lowest BCUT2D eigenvalue weighted by Gasteiger charge is -2.22. The quantitative estimate of drug-likeness (QED) is 0.0125. The zero-order valence-electron chi connectivity index (χ0n) is 51.0. The number of nitrogens with two attached hydrogens (primary N) is 9. The molecular weight excluding hydrogens is 1220 g/mol. The largest absolute Gasteiger partial charge is 0.339 e. The lowest BCUT2D eigenvalue weighted by Crippen LogP contribution is -2.79. The molecule has 488 valence electrons. The summed E-state index contributed by atoms with van der Waals surface area (Å²) in [5.41, 5.74) is 50.2. The van der Waals surface area contributed by atoms with E-state index in [1.807, 2.05) is 109 Å². The summed E-state index contributed by atoms with van der Waals surface area (Å²) in [4.78, 5) is 71.6. The van der Waals surface area contributed by atoms with Crippen LogP contribution >= 0.6 is 94.1 Å². The van der Waals surface area contributed by atoms with Crippen LogP contribution in [0, 0.1) is 0 Å². The maximum absolute atomic E-state index is 13.3. The first-order valence-corrected chi connectivity index (χ1v) is 39.5. The summed E-state index contributed by atoms with van der Waals surface area (Å²) in [5, 5.41) is 0. The van der Waals surface area contributed by atoms with Gasteiger partial charge >= 0.3 is 23.8 Å². The van der Waals surface area contributed by atoms with E-state index in [1.165, 1.54) is 18.6 Å². The smallest absolute Gasteiger partial charge is 0.338 e. The van der Waals surface area contributed by atoms with Crippen molar-refractivity contribution >= 4 is 142 Å². The molecule has 0 aromatic heterocycles. The number of amides is 4. The molecule has 4 amide bonds. The van der Waals surface area contributed by atoms with Gasteiger partial charge in [0.1, 0.15) is 0 Å². The zero-order valence-corrected chi connectivity index (χ0v) is 57.5. The highest BCUT2D eigenvalue weighted by Crippen LogP contribution is 2.17. The number of carbonyl (C=O) groups is 4. The molecule has 0 atom stereocenters. The standard InChI is InChI=1S/C55H111N17O4S8/c1-2-24-69(28-20-65-52(57)58)48(73)15-44-81-37-8-4-33-78-41-12-26-71(30-22-67-54(61)62)50(75)17-46-83-39-10-6-35-80-43-14-27-72(31-23-68-55(63)64)51(76)18-47-84-38-9-5-34-79-42-13-25-70(29-21-66-53(59)60)49(74)16-45-82-36-7-3-32-77-40-11-19-56/h2H,1,3-47,56H2,(H4,57,58,65)(H4,59,60,66)(H4,61,62,67)(H4,63,64,68)/p+4. The van der Waals surface area contributed by atoms with Gasteiger partial charge in [0, 0.05) is 74.9 Å². The number of carbonyl (C=O) groups excluding carboxylic acids is 4. The monoisotopic (exact) mass is 1330 g/mol. The van der Waals surface area contributed by atoms with Gasteiger partial charge in [-0.25, -0.2) is 0 Å². The molecular formula is C55H115N17O4S8+4. The van der Waals surface area contributed by atoms with Crippen LogP contribution in [0.1, 0.15) is 103 Å². The number of nitrogens with zero attached hydrogens (tertiary/aromatic N) is 4. The first-order valence-electron chi connectivity index (χ1n) is 30.2. The van der Waals surface area contributed by atoms with Crippen LogP contribution in [-0.2, 0) is 19.2 Å². The number of rotatable bonds is 61. The van der Waals surface area contributed by atoms with Crippen LogP contribution in [0.5, 0.6) is 0 Å². The molecule has 0 aliphatic carbocycles. The van der Waals surface area contributed by atoms with Crippen molar-refractivity contribution in [3.63, 3.8) is 0 Å². The average Bonchev–Trinajstić information content (AvgIpc) is 3.45. The molecule has 0 unspecified atom stereocenters. The highest BCUT2D eigenvalue weighted by Gasteiger charge is 2.17. The number of nitrogens with one attached hydrogen (secondary N) is 4. The van der Waals surface area contributed by atoms with E-state index in [-0.39, 0.29) is 47.5 Å². The minimum absolute atomic E-state index is 0.107. The molecule has 0 saturated carbocycles. The van der Waals surface area contributed by atoms with Crippen LogP contribution in [0.15, 0.2) is 12.7 Å². The summed E-state index contributed by atoms with van der Waals surface area (Å²) in [5.74, 6) is 17.3. The van der Waals surface area contributed by atoms with E-state index in [1.54, 1.807) is 11.0 Å². The van der Waals surface area contributed by atoms with Gasteiger partial charge < -0.3 is 25.3 Å². The van der Waals surface area contributed by atoms with Crippen LogP contribution in [0.3, 0.4) is 0 Å². The summed E-state index contributed by atoms with van der Waals surface area (Å²) >= 11 is 15.2. The fraction of sp³-hybridized carbons (Fsp3) is 0.818. The molecule has 0 fully saturated rings. The highest BCUT2D eigenvalue weighted by molar-refractivity contribution is 8.00. The molecule has 29 heteroatoms. The summed E-state index contributed by atoms with van der Waals surface area (Å²) in [7, 11) is 0. The Morgan fingerprint density at radius 3 is 0.762 bits per heavy atom. The SMILES string of the molecule is C=CCN(CC[NH+]=C(N)N)C(=O)CCSCCCCSCCCN(CC[NH+]=C(N)N)C(=O)CCSCCCCSCCCN(CC[NH+]=C(N)N)C(=O)CCSCCCCSCCCN(CC[NH+]=C(N)N)C(=O)CCSCCCCSCCCN. The number of guanidine groups is 4. The Hall–Kier alpha value is -2.54. The number of hydrogen-bond acceptors (Lipinski definition) is 13. The van der Waals surface area contributed by atoms with E-state index >= 15 is 0 Å². The molecule has 22 N–H and O–H groups in total. The van der Waals surface area contributed by atoms with Crippen LogP contribution < -0.4 is 71.6 Å². The first-order chi connectivity index (χ1) is 40.7. The van der Waals surface area contributed by atoms with Gasteiger partial charge in [-0.15, -0.1) is 6.58 Å². The third-order valence-electron chi connectivity index (χ3n) is 12.4. The van der Waals surface area contributed by atoms with Crippen molar-refractivity contribution in [2.45, 2.75) is 103 Å². The Labute approximate surface area is 540 Å². The molecule has 84 heavy (non-hydrogen) atoms. The maximum Gasteiger partial charge on any atom is 0.338 e. The molecule has 21 nitrogen and oxygen atoms in total. The normalized spacial score (nSPS) is 11.0. The van der Waals surface area contributed by atoms with E-state index in [0.29, 0.717) is 97.7 Å². The van der Waals surface area contributed by atoms with E-state index < -0.39 is 0 Å². The van der Waals surface area contributed by atoms with Gasteiger partial charge in [-0.1, -0.05) is 6.08 Å². The fourth-order valence-corrected chi connectivity index (χ4v) is 15.4. The third kappa shape index (κ3) is 54.8. The lowest BCUT2D eigenvalue weighted by atomic mass is 10.3. The molecule has 0 aromatic rings. The zero-order chi connectivity index (χ0) is 61.9. The summed E-state index contributed by atoms with van der Waals surface area (Å²) < 4.78 is 0. The van der Waals surface area contributed by atoms with E-state index in [2.05, 4.69) is 26.5 Å². The lowest BCUT2D eigenvalue weighted by molar-refractivity contribution is -0.459. The van der Waals surface area contributed by atoms with Gasteiger partial charge in [0.15, 0.2) is 0 Å². The summed E-state index contributed by atoms with van der Waals surface area (Å²) in [6.45, 7) is 11.5. The second-order valence-corrected chi connectivity index (χ2v) is 29.5. The number of hydrogen-bond donors (Lipinski definition) is 13. The second kappa shape index (κ2) is 60.7. The van der Waals surface area contributed by atoms with Crippen LogP contribution in [0.4, 0.5) is 0 Å². The topological polar surface area (TPSA) is 371 Å². The van der Waals surface area contributed by atoms with Crippen molar-refractivity contribution in [3.05, 3.63) is 12.7 Å². The van der Waals surface area contributed by atoms with E-state index in [0.717, 1.165) is 164 Å². The van der Waals surface area contributed by atoms with Crippen molar-refractivity contribution in [2.24, 2.45) is 51.6 Å². The van der Waals surface area contributed by atoms with Crippen LogP contribution in [-0.4, -0.2) is 244 Å². The molecule has 0 heterocycles. The molecule has 0 aliphatic rings. The third-order valence-corrected chi connectivity index (χ3v) is 21.3. The Kier molecular flexibility index (Phi) is 58.9. The minimum Gasteiger partial charge on any atom is -0.339 e. The van der Waals surface area contributed by atoms with Crippen molar-refractivity contribution in [2.75, 3.05) is 177 Å². The van der Waals surface area contributed by atoms with E-state index in [4.69, 9.17) is 51.6 Å². The van der Waals surface area contributed by atoms with Gasteiger partial charge in [-0.05, 0) is 153 Å². The van der Waals surface area contributed by atoms with Gasteiger partial charge in [0.25, 0.3) is 0 Å². The van der Waals surface area contributed by atoms with Crippen molar-refractivity contribution in [3.8, 4) is 0 Å². The second-order valence-electron chi connectivity index (χ2n) is 19.7. The fourth-order valence-electron chi connectivity index (χ4n) is 7.88. The Bertz CT molecular complexity index is 1780. The van der Waals surface area contributed by atoms with Crippen LogP contribution in [0.2, 0.25) is 0 Å². The molecule has 0 radical (unpaired) electrons. The van der Waals surface area contributed by atoms with Gasteiger partial charge in [-0.2, -0.15) is 94.1 Å². The first kappa shape index (κ1) is 81.5.